The van der Waals surface area contributed by atoms with Gasteiger partial charge in [0.15, 0.2) is 11.5 Å². The zero-order valence-electron chi connectivity index (χ0n) is 20.5. The summed E-state index contributed by atoms with van der Waals surface area (Å²) in [5, 5.41) is 4.50. The number of rotatable bonds is 10. The summed E-state index contributed by atoms with van der Waals surface area (Å²) in [4.78, 5) is 18.9. The molecule has 2 aromatic carbocycles. The summed E-state index contributed by atoms with van der Waals surface area (Å²) in [6.07, 6.45) is 2.73. The van der Waals surface area contributed by atoms with E-state index in [2.05, 4.69) is 35.4 Å². The van der Waals surface area contributed by atoms with Gasteiger partial charge in [-0.05, 0) is 44.0 Å². The van der Waals surface area contributed by atoms with Crippen molar-refractivity contribution in [3.63, 3.8) is 0 Å². The van der Waals surface area contributed by atoms with Gasteiger partial charge in [0.25, 0.3) is 0 Å². The largest absolute Gasteiger partial charge is 0.493 e. The minimum atomic E-state index is -0.0479. The van der Waals surface area contributed by atoms with Crippen molar-refractivity contribution in [2.24, 2.45) is 5.92 Å². The molecule has 0 aliphatic rings. The highest BCUT2D eigenvalue weighted by Crippen LogP contribution is 2.36. The third kappa shape index (κ3) is 5.75. The van der Waals surface area contributed by atoms with Gasteiger partial charge in [0, 0.05) is 41.0 Å². The zero-order valence-corrected chi connectivity index (χ0v) is 20.5. The lowest BCUT2D eigenvalue weighted by molar-refractivity contribution is -0.136. The molecule has 0 bridgehead atoms. The molecule has 0 radical (unpaired) electrons. The molecule has 33 heavy (non-hydrogen) atoms. The van der Waals surface area contributed by atoms with Crippen LogP contribution >= 0.6 is 0 Å². The maximum atomic E-state index is 12.5. The molecular weight excluding hydrogens is 414 g/mol. The molecule has 1 heterocycles. The van der Waals surface area contributed by atoms with Crippen LogP contribution in [-0.4, -0.2) is 42.1 Å². The number of benzene rings is 2. The van der Waals surface area contributed by atoms with Gasteiger partial charge < -0.3 is 19.7 Å². The van der Waals surface area contributed by atoms with Gasteiger partial charge in [0.05, 0.1) is 19.2 Å². The second-order valence-electron chi connectivity index (χ2n) is 8.64. The number of anilines is 2. The van der Waals surface area contributed by atoms with Crippen LogP contribution in [0.2, 0.25) is 0 Å². The summed E-state index contributed by atoms with van der Waals surface area (Å²) in [7, 11) is 1.62. The number of fused-ring (bicyclic) bond motifs is 1. The molecule has 0 aliphatic carbocycles. The Bertz CT molecular complexity index is 1100. The van der Waals surface area contributed by atoms with E-state index in [-0.39, 0.29) is 17.9 Å². The SMILES string of the molecule is CCc1ccccc1Nc1ccnc2cc(OC)c(OCCN(C(=O)C(C)C)C(C)C)cc12. The molecule has 0 fully saturated rings. The molecule has 0 aliphatic heterocycles. The molecule has 0 saturated heterocycles. The third-order valence-electron chi connectivity index (χ3n) is 5.68. The molecular formula is C27H35N3O3. The van der Waals surface area contributed by atoms with Crippen molar-refractivity contribution >= 4 is 28.2 Å². The van der Waals surface area contributed by atoms with E-state index in [1.807, 2.05) is 56.9 Å². The van der Waals surface area contributed by atoms with Crippen LogP contribution < -0.4 is 14.8 Å². The van der Waals surface area contributed by atoms with Gasteiger partial charge in [-0.3, -0.25) is 9.78 Å². The molecule has 3 aromatic rings. The van der Waals surface area contributed by atoms with Crippen LogP contribution in [0.5, 0.6) is 11.5 Å². The molecule has 176 valence electrons. The van der Waals surface area contributed by atoms with E-state index in [9.17, 15) is 4.79 Å². The first-order valence-corrected chi connectivity index (χ1v) is 11.6. The van der Waals surface area contributed by atoms with E-state index in [4.69, 9.17) is 9.47 Å². The summed E-state index contributed by atoms with van der Waals surface area (Å²) in [6, 6.07) is 14.2. The number of aromatic nitrogens is 1. The van der Waals surface area contributed by atoms with Crippen molar-refractivity contribution in [1.82, 2.24) is 9.88 Å². The minimum absolute atomic E-state index is 0.0479. The Morgan fingerprint density at radius 3 is 2.48 bits per heavy atom. The molecule has 0 spiro atoms. The lowest BCUT2D eigenvalue weighted by Gasteiger charge is -2.28. The molecule has 6 nitrogen and oxygen atoms in total. The number of nitrogens with zero attached hydrogens (tertiary/aromatic N) is 2. The Kier molecular flexibility index (Phi) is 8.15. The van der Waals surface area contributed by atoms with Crippen molar-refractivity contribution < 1.29 is 14.3 Å². The van der Waals surface area contributed by atoms with Gasteiger partial charge in [0.2, 0.25) is 5.91 Å². The predicted molar refractivity (Wildman–Crippen MR) is 135 cm³/mol. The van der Waals surface area contributed by atoms with Crippen LogP contribution in [0.15, 0.2) is 48.7 Å². The number of pyridine rings is 1. The average Bonchev–Trinajstić information content (AvgIpc) is 2.81. The van der Waals surface area contributed by atoms with E-state index in [0.717, 1.165) is 28.7 Å². The standard InChI is InChI=1S/C27H35N3O3/c1-7-20-10-8-9-11-22(20)29-23-12-13-28-24-17-25(32-6)26(16-21(23)24)33-15-14-30(19(4)5)27(31)18(2)3/h8-13,16-19H,7,14-15H2,1-6H3,(H,28,29). The maximum Gasteiger partial charge on any atom is 0.225 e. The molecule has 1 N–H and O–H groups in total. The van der Waals surface area contributed by atoms with Gasteiger partial charge in [-0.1, -0.05) is 39.0 Å². The van der Waals surface area contributed by atoms with Gasteiger partial charge >= 0.3 is 0 Å². The molecule has 6 heteroatoms. The van der Waals surface area contributed by atoms with Crippen molar-refractivity contribution in [3.8, 4) is 11.5 Å². The first-order chi connectivity index (χ1) is 15.8. The topological polar surface area (TPSA) is 63.7 Å². The Labute approximate surface area is 196 Å². The number of nitrogens with one attached hydrogen (secondary N) is 1. The highest BCUT2D eigenvalue weighted by Gasteiger charge is 2.20. The monoisotopic (exact) mass is 449 g/mol. The smallest absolute Gasteiger partial charge is 0.225 e. The van der Waals surface area contributed by atoms with E-state index < -0.39 is 0 Å². The van der Waals surface area contributed by atoms with Gasteiger partial charge in [0.1, 0.15) is 6.61 Å². The third-order valence-corrected chi connectivity index (χ3v) is 5.68. The second kappa shape index (κ2) is 11.0. The van der Waals surface area contributed by atoms with E-state index in [1.54, 1.807) is 13.3 Å². The molecule has 0 unspecified atom stereocenters. The quantitative estimate of drug-likeness (QED) is 0.422. The lowest BCUT2D eigenvalue weighted by Crippen LogP contribution is -2.42. The van der Waals surface area contributed by atoms with Gasteiger partial charge in [-0.25, -0.2) is 0 Å². The summed E-state index contributed by atoms with van der Waals surface area (Å²) in [5.74, 6) is 1.33. The number of carbonyl (C=O) groups excluding carboxylic acids is 1. The van der Waals surface area contributed by atoms with Crippen LogP contribution in [0.3, 0.4) is 0 Å². The Balaban J connectivity index is 1.87. The summed E-state index contributed by atoms with van der Waals surface area (Å²) in [5.41, 5.74) is 4.09. The molecule has 1 aromatic heterocycles. The number of ether oxygens (including phenoxy) is 2. The van der Waals surface area contributed by atoms with Crippen LogP contribution in [0.25, 0.3) is 10.9 Å². The van der Waals surface area contributed by atoms with Crippen molar-refractivity contribution in [1.29, 1.82) is 0 Å². The van der Waals surface area contributed by atoms with E-state index in [0.29, 0.717) is 24.7 Å². The van der Waals surface area contributed by atoms with Crippen LogP contribution in [-0.2, 0) is 11.2 Å². The Morgan fingerprint density at radius 1 is 1.06 bits per heavy atom. The number of hydrogen-bond acceptors (Lipinski definition) is 5. The van der Waals surface area contributed by atoms with Crippen molar-refractivity contribution in [3.05, 3.63) is 54.2 Å². The number of methoxy groups -OCH3 is 1. The fourth-order valence-electron chi connectivity index (χ4n) is 3.84. The molecule has 3 rings (SSSR count). The first-order valence-electron chi connectivity index (χ1n) is 11.6. The van der Waals surface area contributed by atoms with Crippen LogP contribution in [0.4, 0.5) is 11.4 Å². The van der Waals surface area contributed by atoms with Crippen molar-refractivity contribution in [2.75, 3.05) is 25.6 Å². The summed E-state index contributed by atoms with van der Waals surface area (Å²) >= 11 is 0. The highest BCUT2D eigenvalue weighted by atomic mass is 16.5. The Hall–Kier alpha value is -3.28. The Morgan fingerprint density at radius 2 is 1.82 bits per heavy atom. The van der Waals surface area contributed by atoms with Crippen molar-refractivity contribution in [2.45, 2.75) is 47.1 Å². The maximum absolute atomic E-state index is 12.5. The number of amides is 1. The lowest BCUT2D eigenvalue weighted by atomic mass is 10.1. The summed E-state index contributed by atoms with van der Waals surface area (Å²) in [6.45, 7) is 10.9. The fourth-order valence-corrected chi connectivity index (χ4v) is 3.84. The number of hydrogen-bond donors (Lipinski definition) is 1. The fraction of sp³-hybridized carbons (Fsp3) is 0.407. The average molecular weight is 450 g/mol. The van der Waals surface area contributed by atoms with Gasteiger partial charge in [-0.2, -0.15) is 0 Å². The van der Waals surface area contributed by atoms with E-state index >= 15 is 0 Å². The number of aryl methyl sites for hydroxylation is 1. The van der Waals surface area contributed by atoms with E-state index in [1.165, 1.54) is 5.56 Å². The highest BCUT2D eigenvalue weighted by molar-refractivity contribution is 5.95. The minimum Gasteiger partial charge on any atom is -0.493 e. The molecule has 1 amide bonds. The first kappa shape index (κ1) is 24.4. The normalized spacial score (nSPS) is 11.2. The van der Waals surface area contributed by atoms with Gasteiger partial charge in [-0.15, -0.1) is 0 Å². The number of carbonyl (C=O) groups is 1. The second-order valence-corrected chi connectivity index (χ2v) is 8.64. The zero-order chi connectivity index (χ0) is 24.0. The van der Waals surface area contributed by atoms with Crippen LogP contribution in [0.1, 0.15) is 40.2 Å². The van der Waals surface area contributed by atoms with Crippen LogP contribution in [0, 0.1) is 5.92 Å². The summed E-state index contributed by atoms with van der Waals surface area (Å²) < 4.78 is 11.7. The predicted octanol–water partition coefficient (Wildman–Crippen LogP) is 5.82. The molecule has 0 atom stereocenters. The number of para-hydroxylation sites is 1. The molecule has 0 saturated carbocycles.